The van der Waals surface area contributed by atoms with Gasteiger partial charge in [0.15, 0.2) is 0 Å². The monoisotopic (exact) mass is 279 g/mol. The van der Waals surface area contributed by atoms with Crippen molar-refractivity contribution in [3.05, 3.63) is 59.7 Å². The zero-order valence-electron chi connectivity index (χ0n) is 13.1. The SMILES string of the molecule is CCNC(C)c1cccc(-c2cccc(C3CCC3)c2)c1. The van der Waals surface area contributed by atoms with Crippen LogP contribution in [0.15, 0.2) is 48.5 Å². The van der Waals surface area contributed by atoms with Gasteiger partial charge in [0.2, 0.25) is 0 Å². The first-order valence-corrected chi connectivity index (χ1v) is 8.21. The lowest BCUT2D eigenvalue weighted by atomic mass is 9.79. The van der Waals surface area contributed by atoms with Crippen LogP contribution in [0.1, 0.15) is 56.2 Å². The average molecular weight is 279 g/mol. The van der Waals surface area contributed by atoms with Crippen LogP contribution in [-0.2, 0) is 0 Å². The van der Waals surface area contributed by atoms with E-state index in [1.54, 1.807) is 0 Å². The normalized spacial score (nSPS) is 16.5. The molecule has 1 aliphatic carbocycles. The Morgan fingerprint density at radius 1 is 1.05 bits per heavy atom. The van der Waals surface area contributed by atoms with E-state index in [0.717, 1.165) is 12.5 Å². The van der Waals surface area contributed by atoms with Crippen molar-refractivity contribution in [3.63, 3.8) is 0 Å². The molecule has 0 saturated heterocycles. The number of hydrogen-bond donors (Lipinski definition) is 1. The molecule has 21 heavy (non-hydrogen) atoms. The van der Waals surface area contributed by atoms with E-state index < -0.39 is 0 Å². The van der Waals surface area contributed by atoms with Gasteiger partial charge in [-0.05, 0) is 60.5 Å². The largest absolute Gasteiger partial charge is 0.310 e. The highest BCUT2D eigenvalue weighted by molar-refractivity contribution is 5.65. The van der Waals surface area contributed by atoms with Crippen molar-refractivity contribution in [2.24, 2.45) is 0 Å². The highest BCUT2D eigenvalue weighted by Crippen LogP contribution is 2.37. The predicted molar refractivity (Wildman–Crippen MR) is 90.6 cm³/mol. The molecule has 0 aliphatic heterocycles. The molecule has 1 saturated carbocycles. The van der Waals surface area contributed by atoms with Crippen molar-refractivity contribution in [3.8, 4) is 11.1 Å². The van der Waals surface area contributed by atoms with Crippen LogP contribution in [0.3, 0.4) is 0 Å². The summed E-state index contributed by atoms with van der Waals surface area (Å²) in [6.07, 6.45) is 4.12. The molecule has 1 fully saturated rings. The van der Waals surface area contributed by atoms with E-state index in [0.29, 0.717) is 6.04 Å². The third-order valence-corrected chi connectivity index (χ3v) is 4.69. The van der Waals surface area contributed by atoms with Crippen LogP contribution >= 0.6 is 0 Å². The van der Waals surface area contributed by atoms with Crippen LogP contribution in [0.2, 0.25) is 0 Å². The first-order valence-electron chi connectivity index (χ1n) is 8.21. The Morgan fingerprint density at radius 2 is 1.76 bits per heavy atom. The van der Waals surface area contributed by atoms with E-state index in [2.05, 4.69) is 67.7 Å². The minimum atomic E-state index is 0.407. The van der Waals surface area contributed by atoms with Gasteiger partial charge in [0.1, 0.15) is 0 Å². The van der Waals surface area contributed by atoms with Gasteiger partial charge in [0.05, 0.1) is 0 Å². The summed E-state index contributed by atoms with van der Waals surface area (Å²) in [6.45, 7) is 5.39. The van der Waals surface area contributed by atoms with Gasteiger partial charge >= 0.3 is 0 Å². The standard InChI is InChI=1S/C20H25N/c1-3-21-15(2)17-9-5-11-19(13-17)20-12-6-10-18(14-20)16-7-4-8-16/h5-6,9-16,21H,3-4,7-8H2,1-2H3. The van der Waals surface area contributed by atoms with E-state index in [4.69, 9.17) is 0 Å². The second-order valence-electron chi connectivity index (χ2n) is 6.16. The molecule has 1 aliphatic rings. The van der Waals surface area contributed by atoms with Gasteiger partial charge in [-0.3, -0.25) is 0 Å². The minimum absolute atomic E-state index is 0.407. The predicted octanol–water partition coefficient (Wildman–Crippen LogP) is 5.29. The summed E-state index contributed by atoms with van der Waals surface area (Å²) in [6, 6.07) is 18.5. The van der Waals surface area contributed by atoms with Crippen molar-refractivity contribution in [1.29, 1.82) is 0 Å². The number of hydrogen-bond acceptors (Lipinski definition) is 1. The van der Waals surface area contributed by atoms with Crippen LogP contribution in [0.5, 0.6) is 0 Å². The third-order valence-electron chi connectivity index (χ3n) is 4.69. The molecule has 1 heteroatoms. The van der Waals surface area contributed by atoms with E-state index in [1.807, 2.05) is 0 Å². The van der Waals surface area contributed by atoms with Crippen molar-refractivity contribution < 1.29 is 0 Å². The first kappa shape index (κ1) is 14.3. The zero-order chi connectivity index (χ0) is 14.7. The second-order valence-corrected chi connectivity index (χ2v) is 6.16. The Morgan fingerprint density at radius 3 is 2.43 bits per heavy atom. The summed E-state index contributed by atoms with van der Waals surface area (Å²) in [4.78, 5) is 0. The molecule has 2 aromatic rings. The van der Waals surface area contributed by atoms with Crippen molar-refractivity contribution in [2.75, 3.05) is 6.54 Å². The van der Waals surface area contributed by atoms with E-state index >= 15 is 0 Å². The van der Waals surface area contributed by atoms with Gasteiger partial charge in [-0.25, -0.2) is 0 Å². The number of benzene rings is 2. The van der Waals surface area contributed by atoms with Crippen molar-refractivity contribution in [1.82, 2.24) is 5.32 Å². The molecule has 0 radical (unpaired) electrons. The van der Waals surface area contributed by atoms with Gasteiger partial charge < -0.3 is 5.32 Å². The maximum Gasteiger partial charge on any atom is 0.0291 e. The van der Waals surface area contributed by atoms with E-state index in [9.17, 15) is 0 Å². The number of rotatable bonds is 5. The Balaban J connectivity index is 1.87. The molecular weight excluding hydrogens is 254 g/mol. The Labute approximate surface area is 128 Å². The molecule has 0 amide bonds. The van der Waals surface area contributed by atoms with Gasteiger partial charge in [-0.2, -0.15) is 0 Å². The lowest BCUT2D eigenvalue weighted by molar-refractivity contribution is 0.420. The fourth-order valence-corrected chi connectivity index (χ4v) is 3.13. The summed E-state index contributed by atoms with van der Waals surface area (Å²) >= 11 is 0. The second kappa shape index (κ2) is 6.44. The summed E-state index contributed by atoms with van der Waals surface area (Å²) in [5.41, 5.74) is 5.57. The molecule has 0 aromatic heterocycles. The molecule has 2 aromatic carbocycles. The molecule has 1 nitrogen and oxygen atoms in total. The minimum Gasteiger partial charge on any atom is -0.310 e. The Kier molecular flexibility index (Phi) is 4.40. The molecule has 1 unspecified atom stereocenters. The Bertz CT molecular complexity index is 598. The van der Waals surface area contributed by atoms with E-state index in [-0.39, 0.29) is 0 Å². The van der Waals surface area contributed by atoms with Crippen LogP contribution in [0, 0.1) is 0 Å². The topological polar surface area (TPSA) is 12.0 Å². The summed E-state index contributed by atoms with van der Waals surface area (Å²) < 4.78 is 0. The molecule has 110 valence electrons. The molecular formula is C20H25N. The van der Waals surface area contributed by atoms with Crippen molar-refractivity contribution in [2.45, 2.75) is 45.1 Å². The van der Waals surface area contributed by atoms with Gasteiger partial charge in [0.25, 0.3) is 0 Å². The fraction of sp³-hybridized carbons (Fsp3) is 0.400. The highest BCUT2D eigenvalue weighted by atomic mass is 14.9. The maximum absolute atomic E-state index is 3.49. The third kappa shape index (κ3) is 3.19. The molecule has 1 atom stereocenters. The molecule has 0 bridgehead atoms. The van der Waals surface area contributed by atoms with Crippen molar-refractivity contribution >= 4 is 0 Å². The lowest BCUT2D eigenvalue weighted by Crippen LogP contribution is -2.17. The first-order chi connectivity index (χ1) is 10.3. The van der Waals surface area contributed by atoms with Crippen LogP contribution in [0.25, 0.3) is 11.1 Å². The van der Waals surface area contributed by atoms with Crippen LogP contribution in [-0.4, -0.2) is 6.54 Å². The summed E-state index contributed by atoms with van der Waals surface area (Å²) in [5.74, 6) is 0.800. The quantitative estimate of drug-likeness (QED) is 0.784. The van der Waals surface area contributed by atoms with Gasteiger partial charge in [0, 0.05) is 6.04 Å². The van der Waals surface area contributed by atoms with Crippen LogP contribution in [0.4, 0.5) is 0 Å². The Hall–Kier alpha value is -1.60. The smallest absolute Gasteiger partial charge is 0.0291 e. The molecule has 3 rings (SSSR count). The summed E-state index contributed by atoms with van der Waals surface area (Å²) in [5, 5.41) is 3.49. The lowest BCUT2D eigenvalue weighted by Gasteiger charge is -2.26. The zero-order valence-corrected chi connectivity index (χ0v) is 13.1. The molecule has 0 heterocycles. The van der Waals surface area contributed by atoms with Crippen LogP contribution < -0.4 is 5.32 Å². The highest BCUT2D eigenvalue weighted by Gasteiger charge is 2.19. The molecule has 0 spiro atoms. The maximum atomic E-state index is 3.49. The van der Waals surface area contributed by atoms with Gasteiger partial charge in [-0.1, -0.05) is 55.8 Å². The fourth-order valence-electron chi connectivity index (χ4n) is 3.13. The summed E-state index contributed by atoms with van der Waals surface area (Å²) in [7, 11) is 0. The van der Waals surface area contributed by atoms with E-state index in [1.165, 1.54) is 41.5 Å². The number of nitrogens with one attached hydrogen (secondary N) is 1. The average Bonchev–Trinajstić information content (AvgIpc) is 2.46. The van der Waals surface area contributed by atoms with Gasteiger partial charge in [-0.15, -0.1) is 0 Å². The molecule has 1 N–H and O–H groups in total.